The third kappa shape index (κ3) is 6.04. The zero-order valence-electron chi connectivity index (χ0n) is 12.1. The van der Waals surface area contributed by atoms with E-state index in [-0.39, 0.29) is 25.3 Å². The Kier molecular flexibility index (Phi) is 6.48. The van der Waals surface area contributed by atoms with Gasteiger partial charge in [0.25, 0.3) is 0 Å². The molecule has 20 heavy (non-hydrogen) atoms. The molecule has 3 unspecified atom stereocenters. The molecular formula is C14H24N2O4. The van der Waals surface area contributed by atoms with E-state index >= 15 is 0 Å². The summed E-state index contributed by atoms with van der Waals surface area (Å²) in [5.74, 6) is -0.123. The first-order valence-electron chi connectivity index (χ1n) is 7.20. The summed E-state index contributed by atoms with van der Waals surface area (Å²) in [7, 11) is 0. The lowest BCUT2D eigenvalue weighted by Gasteiger charge is -2.32. The first-order chi connectivity index (χ1) is 9.38. The number of urea groups is 1. The lowest BCUT2D eigenvalue weighted by atomic mass is 9.79. The average molecular weight is 284 g/mol. The molecule has 1 fully saturated rings. The van der Waals surface area contributed by atoms with E-state index in [0.717, 1.165) is 19.3 Å². The highest BCUT2D eigenvalue weighted by Gasteiger charge is 2.25. The summed E-state index contributed by atoms with van der Waals surface area (Å²) in [6.07, 6.45) is 3.18. The second-order valence-electron chi connectivity index (χ2n) is 5.73. The van der Waals surface area contributed by atoms with E-state index in [1.54, 1.807) is 0 Å². The molecule has 1 rings (SSSR count). The SMILES string of the molecule is CC1CCC(NC(=O)NC(=O)CCCC(=O)O)CC1C. The van der Waals surface area contributed by atoms with Crippen molar-refractivity contribution >= 4 is 17.9 Å². The van der Waals surface area contributed by atoms with E-state index in [4.69, 9.17) is 5.11 Å². The molecule has 3 atom stereocenters. The molecule has 0 radical (unpaired) electrons. The molecule has 114 valence electrons. The van der Waals surface area contributed by atoms with Crippen LogP contribution >= 0.6 is 0 Å². The molecule has 0 aliphatic heterocycles. The molecule has 6 nitrogen and oxygen atoms in total. The topological polar surface area (TPSA) is 95.5 Å². The fraction of sp³-hybridized carbons (Fsp3) is 0.786. The van der Waals surface area contributed by atoms with E-state index in [1.165, 1.54) is 0 Å². The van der Waals surface area contributed by atoms with Crippen LogP contribution in [0.4, 0.5) is 4.79 Å². The Hall–Kier alpha value is -1.59. The quantitative estimate of drug-likeness (QED) is 0.718. The Morgan fingerprint density at radius 2 is 1.80 bits per heavy atom. The predicted octanol–water partition coefficient (Wildman–Crippen LogP) is 1.89. The van der Waals surface area contributed by atoms with Crippen molar-refractivity contribution in [1.82, 2.24) is 10.6 Å². The van der Waals surface area contributed by atoms with Crippen LogP contribution in [-0.2, 0) is 9.59 Å². The predicted molar refractivity (Wildman–Crippen MR) is 74.1 cm³/mol. The van der Waals surface area contributed by atoms with Gasteiger partial charge in [-0.2, -0.15) is 0 Å². The molecule has 0 heterocycles. The number of carboxylic acid groups (broad SMARTS) is 1. The molecule has 1 aliphatic carbocycles. The first kappa shape index (κ1) is 16.5. The zero-order valence-corrected chi connectivity index (χ0v) is 12.1. The second-order valence-corrected chi connectivity index (χ2v) is 5.73. The number of aliphatic carboxylic acids is 1. The van der Waals surface area contributed by atoms with Crippen LogP contribution in [0.25, 0.3) is 0 Å². The van der Waals surface area contributed by atoms with Crippen molar-refractivity contribution in [3.8, 4) is 0 Å². The van der Waals surface area contributed by atoms with E-state index in [9.17, 15) is 14.4 Å². The Labute approximate surface area is 119 Å². The van der Waals surface area contributed by atoms with Crippen LogP contribution in [-0.4, -0.2) is 29.1 Å². The lowest BCUT2D eigenvalue weighted by Crippen LogP contribution is -2.46. The fourth-order valence-electron chi connectivity index (χ4n) is 2.49. The van der Waals surface area contributed by atoms with Gasteiger partial charge in [0.2, 0.25) is 5.91 Å². The number of hydrogen-bond acceptors (Lipinski definition) is 3. The Morgan fingerprint density at radius 1 is 1.10 bits per heavy atom. The molecule has 1 aliphatic rings. The number of carbonyl (C=O) groups is 3. The smallest absolute Gasteiger partial charge is 0.321 e. The molecule has 0 aromatic carbocycles. The largest absolute Gasteiger partial charge is 0.481 e. The van der Waals surface area contributed by atoms with E-state index in [1.807, 2.05) is 0 Å². The molecular weight excluding hydrogens is 260 g/mol. The van der Waals surface area contributed by atoms with Gasteiger partial charge in [0.05, 0.1) is 0 Å². The van der Waals surface area contributed by atoms with E-state index < -0.39 is 17.9 Å². The first-order valence-corrected chi connectivity index (χ1v) is 7.20. The van der Waals surface area contributed by atoms with Crippen molar-refractivity contribution in [2.75, 3.05) is 0 Å². The van der Waals surface area contributed by atoms with Gasteiger partial charge in [0, 0.05) is 18.9 Å². The van der Waals surface area contributed by atoms with Crippen molar-refractivity contribution in [1.29, 1.82) is 0 Å². The van der Waals surface area contributed by atoms with Gasteiger partial charge in [0.15, 0.2) is 0 Å². The van der Waals surface area contributed by atoms with Crippen molar-refractivity contribution in [2.45, 2.75) is 58.4 Å². The summed E-state index contributed by atoms with van der Waals surface area (Å²) in [5, 5.41) is 13.5. The van der Waals surface area contributed by atoms with Gasteiger partial charge in [-0.1, -0.05) is 13.8 Å². The number of carboxylic acids is 1. The van der Waals surface area contributed by atoms with Crippen LogP contribution in [0, 0.1) is 11.8 Å². The van der Waals surface area contributed by atoms with Crippen LogP contribution in [0.5, 0.6) is 0 Å². The summed E-state index contributed by atoms with van der Waals surface area (Å²) in [4.78, 5) is 33.4. The van der Waals surface area contributed by atoms with Gasteiger partial charge in [0.1, 0.15) is 0 Å². The van der Waals surface area contributed by atoms with Crippen molar-refractivity contribution in [3.05, 3.63) is 0 Å². The molecule has 3 amide bonds. The summed E-state index contributed by atoms with van der Waals surface area (Å²) in [6.45, 7) is 4.39. The number of rotatable bonds is 5. The van der Waals surface area contributed by atoms with Crippen LogP contribution < -0.4 is 10.6 Å². The van der Waals surface area contributed by atoms with Gasteiger partial charge in [-0.25, -0.2) is 4.79 Å². The highest BCUT2D eigenvalue weighted by molar-refractivity contribution is 5.94. The minimum Gasteiger partial charge on any atom is -0.481 e. The van der Waals surface area contributed by atoms with Crippen molar-refractivity contribution in [2.24, 2.45) is 11.8 Å². The minimum absolute atomic E-state index is 0.0534. The fourth-order valence-corrected chi connectivity index (χ4v) is 2.49. The zero-order chi connectivity index (χ0) is 15.1. The molecule has 0 spiro atoms. The maximum absolute atomic E-state index is 11.6. The van der Waals surface area contributed by atoms with E-state index in [2.05, 4.69) is 24.5 Å². The van der Waals surface area contributed by atoms with Crippen LogP contribution in [0.15, 0.2) is 0 Å². The number of imide groups is 1. The third-order valence-corrected chi connectivity index (χ3v) is 3.98. The molecule has 0 aromatic rings. The molecule has 1 saturated carbocycles. The lowest BCUT2D eigenvalue weighted by molar-refractivity contribution is -0.137. The molecule has 0 saturated heterocycles. The number of hydrogen-bond donors (Lipinski definition) is 3. The molecule has 0 aromatic heterocycles. The third-order valence-electron chi connectivity index (χ3n) is 3.98. The van der Waals surface area contributed by atoms with Crippen LogP contribution in [0.2, 0.25) is 0 Å². The molecule has 6 heteroatoms. The minimum atomic E-state index is -0.937. The Bertz CT molecular complexity index is 370. The van der Waals surface area contributed by atoms with Gasteiger partial charge in [-0.15, -0.1) is 0 Å². The monoisotopic (exact) mass is 284 g/mol. The number of nitrogens with one attached hydrogen (secondary N) is 2. The van der Waals surface area contributed by atoms with Gasteiger partial charge in [-0.3, -0.25) is 14.9 Å². The molecule has 3 N–H and O–H groups in total. The van der Waals surface area contributed by atoms with Crippen molar-refractivity contribution in [3.63, 3.8) is 0 Å². The van der Waals surface area contributed by atoms with Crippen LogP contribution in [0.1, 0.15) is 52.4 Å². The molecule has 0 bridgehead atoms. The summed E-state index contributed by atoms with van der Waals surface area (Å²) >= 11 is 0. The highest BCUT2D eigenvalue weighted by Crippen LogP contribution is 2.29. The van der Waals surface area contributed by atoms with Crippen molar-refractivity contribution < 1.29 is 19.5 Å². The van der Waals surface area contributed by atoms with Crippen LogP contribution in [0.3, 0.4) is 0 Å². The average Bonchev–Trinajstić information content (AvgIpc) is 2.33. The van der Waals surface area contributed by atoms with Gasteiger partial charge < -0.3 is 10.4 Å². The Balaban J connectivity index is 2.22. The normalized spacial score (nSPS) is 25.8. The summed E-state index contributed by atoms with van der Waals surface area (Å²) < 4.78 is 0. The maximum atomic E-state index is 11.6. The standard InChI is InChI=1S/C14H24N2O4/c1-9-6-7-11(8-10(9)2)15-14(20)16-12(17)4-3-5-13(18)19/h9-11H,3-8H2,1-2H3,(H,18,19)(H2,15,16,17,20). The van der Waals surface area contributed by atoms with E-state index in [0.29, 0.717) is 11.8 Å². The summed E-state index contributed by atoms with van der Waals surface area (Å²) in [5.41, 5.74) is 0. The number of carbonyl (C=O) groups excluding carboxylic acids is 2. The number of amides is 3. The Morgan fingerprint density at radius 3 is 2.40 bits per heavy atom. The maximum Gasteiger partial charge on any atom is 0.321 e. The van der Waals surface area contributed by atoms with Gasteiger partial charge in [-0.05, 0) is 37.5 Å². The second kappa shape index (κ2) is 7.87. The van der Waals surface area contributed by atoms with Gasteiger partial charge >= 0.3 is 12.0 Å². The highest BCUT2D eigenvalue weighted by atomic mass is 16.4. The summed E-state index contributed by atoms with van der Waals surface area (Å²) in [6, 6.07) is -0.356.